The van der Waals surface area contributed by atoms with Crippen LogP contribution in [-0.4, -0.2) is 19.6 Å². The van der Waals surface area contributed by atoms with E-state index in [1.54, 1.807) is 48.5 Å². The largest absolute Gasteiger partial charge is 0.325 e. The van der Waals surface area contributed by atoms with Crippen molar-refractivity contribution >= 4 is 39.1 Å². The van der Waals surface area contributed by atoms with Gasteiger partial charge in [0, 0.05) is 16.3 Å². The second-order valence-corrected chi connectivity index (χ2v) is 10.6. The number of rotatable bonds is 7. The molecule has 0 aliphatic heterocycles. The summed E-state index contributed by atoms with van der Waals surface area (Å²) in [7, 11) is -3.64. The first-order valence-electron chi connectivity index (χ1n) is 9.88. The molecule has 3 rings (SSSR count). The van der Waals surface area contributed by atoms with E-state index in [4.69, 9.17) is 0 Å². The van der Waals surface area contributed by atoms with Crippen molar-refractivity contribution in [2.45, 2.75) is 42.7 Å². The summed E-state index contributed by atoms with van der Waals surface area (Å²) in [5.41, 5.74) is 4.55. The minimum absolute atomic E-state index is 0.0857. The van der Waals surface area contributed by atoms with Gasteiger partial charge in [0.15, 0.2) is 0 Å². The topological polar surface area (TPSA) is 75.3 Å². The third-order valence-corrected chi connectivity index (χ3v) is 7.40. The van der Waals surface area contributed by atoms with Crippen molar-refractivity contribution in [3.63, 3.8) is 0 Å². The third-order valence-electron chi connectivity index (χ3n) is 4.89. The summed E-state index contributed by atoms with van der Waals surface area (Å²) in [6.45, 7) is 7.79. The number of sulfonamides is 1. The molecule has 0 saturated heterocycles. The summed E-state index contributed by atoms with van der Waals surface area (Å²) in [6, 6.07) is 19.5. The molecule has 0 aromatic heterocycles. The number of amides is 1. The Kier molecular flexibility index (Phi) is 7.08. The molecule has 162 valence electrons. The Balaban J connectivity index is 1.61. The lowest BCUT2D eigenvalue weighted by atomic mass is 10.1. The summed E-state index contributed by atoms with van der Waals surface area (Å²) in [4.78, 5) is 13.6. The van der Waals surface area contributed by atoms with Crippen LogP contribution in [0.2, 0.25) is 0 Å². The molecular formula is C24H26N2O3S2. The highest BCUT2D eigenvalue weighted by atomic mass is 32.2. The summed E-state index contributed by atoms with van der Waals surface area (Å²) in [5.74, 6) is -0.0857. The molecule has 0 heterocycles. The highest BCUT2D eigenvalue weighted by Crippen LogP contribution is 2.27. The molecule has 31 heavy (non-hydrogen) atoms. The maximum atomic E-state index is 12.5. The van der Waals surface area contributed by atoms with Gasteiger partial charge in [-0.05, 0) is 87.4 Å². The van der Waals surface area contributed by atoms with E-state index in [2.05, 4.69) is 10.0 Å². The van der Waals surface area contributed by atoms with E-state index < -0.39 is 10.0 Å². The molecule has 0 saturated carbocycles. The summed E-state index contributed by atoms with van der Waals surface area (Å²) >= 11 is 1.41. The van der Waals surface area contributed by atoms with Gasteiger partial charge >= 0.3 is 0 Å². The molecule has 1 amide bonds. The van der Waals surface area contributed by atoms with Crippen LogP contribution in [0.3, 0.4) is 0 Å². The Morgan fingerprint density at radius 1 is 0.839 bits per heavy atom. The van der Waals surface area contributed by atoms with Gasteiger partial charge in [-0.1, -0.05) is 23.8 Å². The Morgan fingerprint density at radius 2 is 1.45 bits per heavy atom. The molecule has 0 bridgehead atoms. The van der Waals surface area contributed by atoms with Crippen LogP contribution in [0.4, 0.5) is 11.4 Å². The first kappa shape index (κ1) is 22.9. The Labute approximate surface area is 188 Å². The van der Waals surface area contributed by atoms with Gasteiger partial charge in [-0.2, -0.15) is 0 Å². The molecule has 3 aromatic rings. The van der Waals surface area contributed by atoms with Crippen LogP contribution in [0.15, 0.2) is 76.5 Å². The molecule has 0 spiro atoms. The van der Waals surface area contributed by atoms with Crippen molar-refractivity contribution in [2.24, 2.45) is 0 Å². The average molecular weight is 455 g/mol. The molecule has 2 N–H and O–H groups in total. The Hall–Kier alpha value is -2.77. The zero-order valence-corrected chi connectivity index (χ0v) is 19.6. The van der Waals surface area contributed by atoms with Crippen molar-refractivity contribution in [2.75, 3.05) is 10.0 Å². The minimum Gasteiger partial charge on any atom is -0.325 e. The van der Waals surface area contributed by atoms with Crippen LogP contribution in [-0.2, 0) is 14.8 Å². The predicted molar refractivity (Wildman–Crippen MR) is 128 cm³/mol. The molecule has 1 unspecified atom stereocenters. The number of carbonyl (C=O) groups excluding carboxylic acids is 1. The number of carbonyl (C=O) groups is 1. The number of anilines is 2. The standard InChI is InChI=1S/C24H26N2O3S2/c1-16-5-13-23(14-6-16)31(28,29)26-20-9-11-22(12-10-20)30-19(4)24(27)25-21-8-7-17(2)18(3)15-21/h5-15,19,26H,1-4H3,(H,25,27). The van der Waals surface area contributed by atoms with Crippen molar-refractivity contribution < 1.29 is 13.2 Å². The number of benzene rings is 3. The van der Waals surface area contributed by atoms with Gasteiger partial charge in [-0.3, -0.25) is 9.52 Å². The number of hydrogen-bond acceptors (Lipinski definition) is 4. The SMILES string of the molecule is Cc1ccc(S(=O)(=O)Nc2ccc(SC(C)C(=O)Nc3ccc(C)c(C)c3)cc2)cc1. The van der Waals surface area contributed by atoms with E-state index in [1.807, 2.05) is 45.9 Å². The van der Waals surface area contributed by atoms with E-state index in [-0.39, 0.29) is 16.1 Å². The molecular weight excluding hydrogens is 428 g/mol. The number of thioether (sulfide) groups is 1. The van der Waals surface area contributed by atoms with Crippen molar-refractivity contribution in [3.8, 4) is 0 Å². The van der Waals surface area contributed by atoms with Gasteiger partial charge in [-0.25, -0.2) is 8.42 Å². The fraction of sp³-hybridized carbons (Fsp3) is 0.208. The molecule has 0 radical (unpaired) electrons. The first-order chi connectivity index (χ1) is 14.6. The van der Waals surface area contributed by atoms with Gasteiger partial charge < -0.3 is 5.32 Å². The first-order valence-corrected chi connectivity index (χ1v) is 12.2. The fourth-order valence-electron chi connectivity index (χ4n) is 2.85. The fourth-order valence-corrected chi connectivity index (χ4v) is 4.78. The number of hydrogen-bond donors (Lipinski definition) is 2. The molecule has 1 atom stereocenters. The minimum atomic E-state index is -3.64. The highest BCUT2D eigenvalue weighted by molar-refractivity contribution is 8.00. The van der Waals surface area contributed by atoms with Crippen molar-refractivity contribution in [1.82, 2.24) is 0 Å². The molecule has 3 aromatic carbocycles. The lowest BCUT2D eigenvalue weighted by Gasteiger charge is -2.14. The second kappa shape index (κ2) is 9.58. The maximum Gasteiger partial charge on any atom is 0.261 e. The average Bonchev–Trinajstić information content (AvgIpc) is 2.72. The van der Waals surface area contributed by atoms with Gasteiger partial charge in [0.25, 0.3) is 10.0 Å². The van der Waals surface area contributed by atoms with E-state index in [0.717, 1.165) is 21.7 Å². The summed E-state index contributed by atoms with van der Waals surface area (Å²) in [5, 5.41) is 2.63. The van der Waals surface area contributed by atoms with Crippen molar-refractivity contribution in [1.29, 1.82) is 0 Å². The molecule has 0 aliphatic carbocycles. The normalized spacial score (nSPS) is 12.3. The number of aryl methyl sites for hydroxylation is 3. The molecule has 7 heteroatoms. The quantitative estimate of drug-likeness (QED) is 0.460. The lowest BCUT2D eigenvalue weighted by Crippen LogP contribution is -2.22. The van der Waals surface area contributed by atoms with Crippen LogP contribution in [0, 0.1) is 20.8 Å². The van der Waals surface area contributed by atoms with Crippen molar-refractivity contribution in [3.05, 3.63) is 83.4 Å². The van der Waals surface area contributed by atoms with Crippen LogP contribution in [0.1, 0.15) is 23.6 Å². The van der Waals surface area contributed by atoms with Gasteiger partial charge in [0.05, 0.1) is 10.1 Å². The monoisotopic (exact) mass is 454 g/mol. The van der Waals surface area contributed by atoms with Crippen LogP contribution in [0.5, 0.6) is 0 Å². The Bertz CT molecular complexity index is 1170. The zero-order chi connectivity index (χ0) is 22.6. The molecule has 0 aliphatic rings. The molecule has 5 nitrogen and oxygen atoms in total. The van der Waals surface area contributed by atoms with Gasteiger partial charge in [-0.15, -0.1) is 11.8 Å². The lowest BCUT2D eigenvalue weighted by molar-refractivity contribution is -0.115. The van der Waals surface area contributed by atoms with E-state index >= 15 is 0 Å². The maximum absolute atomic E-state index is 12.5. The summed E-state index contributed by atoms with van der Waals surface area (Å²) < 4.78 is 27.6. The van der Waals surface area contributed by atoms with E-state index in [0.29, 0.717) is 5.69 Å². The molecule has 0 fully saturated rings. The van der Waals surface area contributed by atoms with E-state index in [1.165, 1.54) is 17.3 Å². The second-order valence-electron chi connectivity index (χ2n) is 7.49. The zero-order valence-electron chi connectivity index (χ0n) is 18.0. The van der Waals surface area contributed by atoms with E-state index in [9.17, 15) is 13.2 Å². The van der Waals surface area contributed by atoms with Crippen LogP contribution >= 0.6 is 11.8 Å². The van der Waals surface area contributed by atoms with Gasteiger partial charge in [0.1, 0.15) is 0 Å². The highest BCUT2D eigenvalue weighted by Gasteiger charge is 2.16. The predicted octanol–water partition coefficient (Wildman–Crippen LogP) is 5.53. The van der Waals surface area contributed by atoms with Crippen LogP contribution in [0.25, 0.3) is 0 Å². The summed E-state index contributed by atoms with van der Waals surface area (Å²) in [6.07, 6.45) is 0. The third kappa shape index (κ3) is 6.12. The smallest absolute Gasteiger partial charge is 0.261 e. The number of nitrogens with one attached hydrogen (secondary N) is 2. The van der Waals surface area contributed by atoms with Crippen LogP contribution < -0.4 is 10.0 Å². The Morgan fingerprint density at radius 3 is 2.06 bits per heavy atom. The van der Waals surface area contributed by atoms with Gasteiger partial charge in [0.2, 0.25) is 5.91 Å².